The van der Waals surface area contributed by atoms with Gasteiger partial charge >= 0.3 is 0 Å². The van der Waals surface area contributed by atoms with Gasteiger partial charge in [0.05, 0.1) is 0 Å². The Hall–Kier alpha value is -1.28. The van der Waals surface area contributed by atoms with Gasteiger partial charge < -0.3 is 4.74 Å². The van der Waals surface area contributed by atoms with Gasteiger partial charge in [-0.15, -0.1) is 0 Å². The van der Waals surface area contributed by atoms with Crippen LogP contribution in [0.2, 0.25) is 0 Å². The fourth-order valence-electron chi connectivity index (χ4n) is 2.83. The maximum Gasteiger partial charge on any atom is 0.123 e. The summed E-state index contributed by atoms with van der Waals surface area (Å²) in [4.78, 5) is 0. The summed E-state index contributed by atoms with van der Waals surface area (Å²) in [7, 11) is 0. The molecule has 0 N–H and O–H groups in total. The first-order valence-electron chi connectivity index (χ1n) is 7.13. The molecule has 0 aromatic heterocycles. The summed E-state index contributed by atoms with van der Waals surface area (Å²) in [6.45, 7) is 2.13. The zero-order valence-electron chi connectivity index (χ0n) is 11.7. The maximum atomic E-state index is 6.06. The molecule has 0 amide bonds. The number of hydrogen-bond acceptors (Lipinski definition) is 1. The highest BCUT2D eigenvalue weighted by molar-refractivity contribution is 9.09. The number of hydrogen-bond donors (Lipinski definition) is 0. The second-order valence-corrected chi connectivity index (χ2v) is 6.20. The van der Waals surface area contributed by atoms with Gasteiger partial charge in [-0.2, -0.15) is 0 Å². The fraction of sp³-hybridized carbons (Fsp3) is 0.333. The molecule has 104 valence electrons. The largest absolute Gasteiger partial charge is 0.490 e. The Morgan fingerprint density at radius 2 is 1.90 bits per heavy atom. The first kappa shape index (κ1) is 13.7. The minimum atomic E-state index is 0.302. The molecule has 1 aliphatic rings. The predicted molar refractivity (Wildman–Crippen MR) is 86.9 cm³/mol. The van der Waals surface area contributed by atoms with E-state index < -0.39 is 0 Å². The van der Waals surface area contributed by atoms with Crippen LogP contribution in [0, 0.1) is 6.92 Å². The van der Waals surface area contributed by atoms with Gasteiger partial charge in [0.2, 0.25) is 0 Å². The lowest BCUT2D eigenvalue weighted by molar-refractivity contribution is 0.213. The van der Waals surface area contributed by atoms with Crippen molar-refractivity contribution in [3.63, 3.8) is 0 Å². The molecule has 1 nitrogen and oxygen atoms in total. The van der Waals surface area contributed by atoms with E-state index in [4.69, 9.17) is 4.74 Å². The molecular weight excluding hydrogens is 312 g/mol. The highest BCUT2D eigenvalue weighted by Gasteiger charge is 2.25. The van der Waals surface area contributed by atoms with Gasteiger partial charge in [-0.25, -0.2) is 0 Å². The lowest BCUT2D eigenvalue weighted by Crippen LogP contribution is -2.18. The third kappa shape index (κ3) is 2.90. The van der Waals surface area contributed by atoms with Crippen molar-refractivity contribution in [1.29, 1.82) is 0 Å². The number of fused-ring (bicyclic) bond motifs is 1. The molecule has 20 heavy (non-hydrogen) atoms. The molecular formula is C18H19BrO. The van der Waals surface area contributed by atoms with Crippen LogP contribution in [-0.4, -0.2) is 11.4 Å². The Bertz CT molecular complexity index is 551. The van der Waals surface area contributed by atoms with E-state index in [1.165, 1.54) is 16.7 Å². The van der Waals surface area contributed by atoms with E-state index in [0.717, 1.165) is 23.9 Å². The number of benzene rings is 2. The minimum Gasteiger partial charge on any atom is -0.490 e. The van der Waals surface area contributed by atoms with Gasteiger partial charge in [-0.1, -0.05) is 64.0 Å². The van der Waals surface area contributed by atoms with Gasteiger partial charge in [-0.05, 0) is 36.5 Å². The van der Waals surface area contributed by atoms with Crippen molar-refractivity contribution in [1.82, 2.24) is 0 Å². The molecule has 2 heteroatoms. The van der Waals surface area contributed by atoms with Crippen molar-refractivity contribution in [2.45, 2.75) is 31.8 Å². The average molecular weight is 331 g/mol. The van der Waals surface area contributed by atoms with Crippen molar-refractivity contribution >= 4 is 15.9 Å². The highest BCUT2D eigenvalue weighted by Crippen LogP contribution is 2.33. The topological polar surface area (TPSA) is 9.23 Å². The van der Waals surface area contributed by atoms with E-state index in [0.29, 0.717) is 12.0 Å². The summed E-state index contributed by atoms with van der Waals surface area (Å²) in [5.41, 5.74) is 4.05. The van der Waals surface area contributed by atoms with Crippen LogP contribution in [-0.2, 0) is 6.42 Å². The van der Waals surface area contributed by atoms with Crippen molar-refractivity contribution < 1.29 is 4.74 Å². The lowest BCUT2D eigenvalue weighted by atomic mass is 9.93. The molecule has 2 atom stereocenters. The van der Waals surface area contributed by atoms with Crippen LogP contribution in [0.25, 0.3) is 0 Å². The summed E-state index contributed by atoms with van der Waals surface area (Å²) in [6, 6.07) is 17.2. The number of rotatable bonds is 4. The average Bonchev–Trinajstić information content (AvgIpc) is 2.88. The molecule has 0 bridgehead atoms. The van der Waals surface area contributed by atoms with Crippen LogP contribution in [0.4, 0.5) is 0 Å². The molecule has 0 spiro atoms. The monoisotopic (exact) mass is 330 g/mol. The Kier molecular flexibility index (Phi) is 4.11. The number of halogens is 1. The summed E-state index contributed by atoms with van der Waals surface area (Å²) < 4.78 is 6.06. The van der Waals surface area contributed by atoms with Crippen LogP contribution in [0.3, 0.4) is 0 Å². The zero-order chi connectivity index (χ0) is 13.9. The van der Waals surface area contributed by atoms with Crippen molar-refractivity contribution in [3.8, 4) is 5.75 Å². The zero-order valence-corrected chi connectivity index (χ0v) is 13.3. The van der Waals surface area contributed by atoms with Crippen LogP contribution in [0.15, 0.2) is 48.5 Å². The highest BCUT2D eigenvalue weighted by atomic mass is 79.9. The van der Waals surface area contributed by atoms with Crippen molar-refractivity contribution in [3.05, 3.63) is 65.2 Å². The molecule has 3 rings (SSSR count). The molecule has 2 aromatic rings. The quantitative estimate of drug-likeness (QED) is 0.727. The second kappa shape index (κ2) is 6.01. The molecule has 0 radical (unpaired) electrons. The maximum absolute atomic E-state index is 6.06. The van der Waals surface area contributed by atoms with Crippen molar-refractivity contribution in [2.75, 3.05) is 5.33 Å². The molecule has 2 aromatic carbocycles. The Morgan fingerprint density at radius 3 is 2.60 bits per heavy atom. The Morgan fingerprint density at radius 1 is 1.15 bits per heavy atom. The molecule has 0 saturated heterocycles. The van der Waals surface area contributed by atoms with Crippen LogP contribution < -0.4 is 4.74 Å². The van der Waals surface area contributed by atoms with E-state index in [1.54, 1.807) is 0 Å². The van der Waals surface area contributed by atoms with E-state index in [9.17, 15) is 0 Å². The van der Waals surface area contributed by atoms with Gasteiger partial charge in [-0.3, -0.25) is 0 Å². The minimum absolute atomic E-state index is 0.302. The first-order chi connectivity index (χ1) is 9.76. The van der Waals surface area contributed by atoms with Gasteiger partial charge in [0.25, 0.3) is 0 Å². The Labute approximate surface area is 129 Å². The van der Waals surface area contributed by atoms with Gasteiger partial charge in [0.15, 0.2) is 0 Å². The smallest absolute Gasteiger partial charge is 0.123 e. The number of ether oxygens (including phenoxy) is 1. The fourth-order valence-corrected chi connectivity index (χ4v) is 3.47. The molecule has 1 aliphatic heterocycles. The third-order valence-corrected chi connectivity index (χ3v) is 4.78. The van der Waals surface area contributed by atoms with Crippen molar-refractivity contribution in [2.24, 2.45) is 0 Å². The third-order valence-electron chi connectivity index (χ3n) is 4.00. The molecule has 1 heterocycles. The number of para-hydroxylation sites is 1. The van der Waals surface area contributed by atoms with Crippen LogP contribution in [0.1, 0.15) is 29.0 Å². The normalized spacial score (nSPS) is 18.4. The first-order valence-corrected chi connectivity index (χ1v) is 8.25. The second-order valence-electron chi connectivity index (χ2n) is 5.55. The lowest BCUT2D eigenvalue weighted by Gasteiger charge is -2.19. The van der Waals surface area contributed by atoms with Gasteiger partial charge in [0.1, 0.15) is 11.9 Å². The molecule has 2 unspecified atom stereocenters. The predicted octanol–water partition coefficient (Wildman–Crippen LogP) is 4.87. The number of aryl methyl sites for hydroxylation is 1. The van der Waals surface area contributed by atoms with E-state index in [2.05, 4.69) is 65.3 Å². The standard InChI is InChI=1S/C18H19BrO/c1-13-6-8-14(9-7-13)16(12-19)11-17-10-15-4-2-3-5-18(15)20-17/h2-9,16-17H,10-12H2,1H3. The molecule has 0 aliphatic carbocycles. The summed E-state index contributed by atoms with van der Waals surface area (Å²) in [6.07, 6.45) is 2.39. The van der Waals surface area contributed by atoms with E-state index in [-0.39, 0.29) is 0 Å². The SMILES string of the molecule is Cc1ccc(C(CBr)CC2Cc3ccccc3O2)cc1. The molecule has 0 fully saturated rings. The summed E-state index contributed by atoms with van der Waals surface area (Å²) >= 11 is 3.66. The van der Waals surface area contributed by atoms with Crippen LogP contribution in [0.5, 0.6) is 5.75 Å². The number of alkyl halides is 1. The summed E-state index contributed by atoms with van der Waals surface area (Å²) in [5, 5.41) is 0.978. The Balaban J connectivity index is 1.69. The van der Waals surface area contributed by atoms with E-state index in [1.807, 2.05) is 6.07 Å². The summed E-state index contributed by atoms with van der Waals surface area (Å²) in [5.74, 6) is 1.57. The molecule has 0 saturated carbocycles. The van der Waals surface area contributed by atoms with E-state index >= 15 is 0 Å². The van der Waals surface area contributed by atoms with Gasteiger partial charge in [0, 0.05) is 11.8 Å². The van der Waals surface area contributed by atoms with Crippen LogP contribution >= 0.6 is 15.9 Å².